The summed E-state index contributed by atoms with van der Waals surface area (Å²) in [6, 6.07) is 11.1. The Balaban J connectivity index is 1.86. The minimum atomic E-state index is -3.68. The van der Waals surface area contributed by atoms with Crippen LogP contribution in [-0.2, 0) is 10.0 Å². The van der Waals surface area contributed by atoms with Crippen molar-refractivity contribution in [2.45, 2.75) is 30.2 Å². The van der Waals surface area contributed by atoms with E-state index in [0.29, 0.717) is 12.2 Å². The van der Waals surface area contributed by atoms with Crippen molar-refractivity contribution < 1.29 is 12.8 Å². The second-order valence-corrected chi connectivity index (χ2v) is 8.30. The Bertz CT molecular complexity index is 880. The van der Waals surface area contributed by atoms with Gasteiger partial charge in [-0.15, -0.1) is 0 Å². The average molecular weight is 346 g/mol. The first kappa shape index (κ1) is 15.6. The van der Waals surface area contributed by atoms with E-state index in [0.717, 1.165) is 24.1 Å². The highest BCUT2D eigenvalue weighted by Gasteiger charge is 2.45. The van der Waals surface area contributed by atoms with Crippen LogP contribution in [0.25, 0.3) is 0 Å². The number of benzene rings is 2. The molecule has 0 aliphatic carbocycles. The number of piperidine rings is 1. The number of hydrogen-bond acceptors (Lipinski definition) is 3. The number of sulfonamides is 1. The monoisotopic (exact) mass is 346 g/mol. The first-order valence-electron chi connectivity index (χ1n) is 8.10. The molecule has 126 valence electrons. The summed E-state index contributed by atoms with van der Waals surface area (Å²) in [6.07, 6.45) is 0.807. The highest BCUT2D eigenvalue weighted by Crippen LogP contribution is 2.46. The quantitative estimate of drug-likeness (QED) is 0.910. The lowest BCUT2D eigenvalue weighted by Gasteiger charge is -2.33. The van der Waals surface area contributed by atoms with E-state index in [1.54, 1.807) is 30.3 Å². The maximum atomic E-state index is 13.7. The van der Waals surface area contributed by atoms with Crippen molar-refractivity contribution >= 4 is 15.7 Å². The Morgan fingerprint density at radius 2 is 1.92 bits per heavy atom. The molecule has 2 unspecified atom stereocenters. The standard InChI is InChI=1S/C18H19FN2O2S/c1-12-2-5-14(6-3-12)24(22,23)21-17-7-4-13(19)10-16(17)15-8-9-20-11-18(15)21/h2-7,10,15,18,20H,8-9,11H2,1H3. The molecule has 1 N–H and O–H groups in total. The zero-order valence-electron chi connectivity index (χ0n) is 13.4. The van der Waals surface area contributed by atoms with Crippen molar-refractivity contribution in [1.82, 2.24) is 5.32 Å². The predicted molar refractivity (Wildman–Crippen MR) is 91.3 cm³/mol. The first-order valence-corrected chi connectivity index (χ1v) is 9.54. The highest BCUT2D eigenvalue weighted by molar-refractivity contribution is 7.92. The molecule has 1 saturated heterocycles. The Kier molecular flexibility index (Phi) is 3.62. The van der Waals surface area contributed by atoms with Gasteiger partial charge in [-0.3, -0.25) is 4.31 Å². The highest BCUT2D eigenvalue weighted by atomic mass is 32.2. The smallest absolute Gasteiger partial charge is 0.264 e. The minimum absolute atomic E-state index is 0.0390. The van der Waals surface area contributed by atoms with Crippen LogP contribution in [0.4, 0.5) is 10.1 Å². The Morgan fingerprint density at radius 1 is 1.17 bits per heavy atom. The van der Waals surface area contributed by atoms with Crippen LogP contribution >= 0.6 is 0 Å². The SMILES string of the molecule is Cc1ccc(S(=O)(=O)N2c3ccc(F)cc3C3CCNCC32)cc1. The predicted octanol–water partition coefficient (Wildman–Crippen LogP) is 2.79. The summed E-state index contributed by atoms with van der Waals surface area (Å²) in [7, 11) is -3.68. The molecule has 24 heavy (non-hydrogen) atoms. The molecule has 4 nitrogen and oxygen atoms in total. The summed E-state index contributed by atoms with van der Waals surface area (Å²) in [4.78, 5) is 0.273. The number of rotatable bonds is 2. The zero-order chi connectivity index (χ0) is 16.9. The van der Waals surface area contributed by atoms with Gasteiger partial charge < -0.3 is 5.32 Å². The molecule has 1 fully saturated rings. The topological polar surface area (TPSA) is 49.4 Å². The van der Waals surface area contributed by atoms with Crippen LogP contribution < -0.4 is 9.62 Å². The number of anilines is 1. The summed E-state index contributed by atoms with van der Waals surface area (Å²) in [5, 5.41) is 3.27. The molecule has 4 rings (SSSR count). The summed E-state index contributed by atoms with van der Waals surface area (Å²) in [5.74, 6) is -0.280. The summed E-state index contributed by atoms with van der Waals surface area (Å²) in [6.45, 7) is 3.31. The number of fused-ring (bicyclic) bond motifs is 3. The lowest BCUT2D eigenvalue weighted by atomic mass is 9.89. The van der Waals surface area contributed by atoms with Gasteiger partial charge in [-0.1, -0.05) is 17.7 Å². The van der Waals surface area contributed by atoms with E-state index in [1.165, 1.54) is 16.4 Å². The fourth-order valence-corrected chi connectivity index (χ4v) is 5.49. The molecule has 0 bridgehead atoms. The van der Waals surface area contributed by atoms with E-state index < -0.39 is 10.0 Å². The van der Waals surface area contributed by atoms with E-state index in [2.05, 4.69) is 5.32 Å². The second-order valence-electron chi connectivity index (χ2n) is 6.48. The molecule has 0 radical (unpaired) electrons. The molecule has 0 amide bonds. The van der Waals surface area contributed by atoms with Crippen LogP contribution in [0.1, 0.15) is 23.5 Å². The van der Waals surface area contributed by atoms with Crippen LogP contribution in [0.15, 0.2) is 47.4 Å². The van der Waals surface area contributed by atoms with Gasteiger partial charge in [0.2, 0.25) is 0 Å². The fraction of sp³-hybridized carbons (Fsp3) is 0.333. The fourth-order valence-electron chi connectivity index (χ4n) is 3.78. The number of aryl methyl sites for hydroxylation is 1. The van der Waals surface area contributed by atoms with Crippen molar-refractivity contribution in [3.8, 4) is 0 Å². The normalized spacial score (nSPS) is 23.0. The van der Waals surface area contributed by atoms with E-state index in [9.17, 15) is 12.8 Å². The molecule has 2 aliphatic heterocycles. The van der Waals surface area contributed by atoms with Gasteiger partial charge in [-0.25, -0.2) is 12.8 Å². The Hall–Kier alpha value is -1.92. The summed E-state index contributed by atoms with van der Waals surface area (Å²) >= 11 is 0. The van der Waals surface area contributed by atoms with Crippen molar-refractivity contribution in [3.63, 3.8) is 0 Å². The first-order chi connectivity index (χ1) is 11.5. The Morgan fingerprint density at radius 3 is 2.67 bits per heavy atom. The van der Waals surface area contributed by atoms with Gasteiger partial charge in [0.15, 0.2) is 0 Å². The molecule has 0 spiro atoms. The third kappa shape index (κ3) is 2.32. The van der Waals surface area contributed by atoms with Gasteiger partial charge in [0.1, 0.15) is 5.82 Å². The van der Waals surface area contributed by atoms with Crippen LogP contribution in [0, 0.1) is 12.7 Å². The van der Waals surface area contributed by atoms with Crippen molar-refractivity contribution in [2.75, 3.05) is 17.4 Å². The van der Waals surface area contributed by atoms with Crippen LogP contribution in [0.2, 0.25) is 0 Å². The Labute approximate surface area is 141 Å². The molecule has 0 saturated carbocycles. The summed E-state index contributed by atoms with van der Waals surface area (Å²) in [5.41, 5.74) is 2.42. The van der Waals surface area contributed by atoms with Gasteiger partial charge in [0.25, 0.3) is 10.0 Å². The van der Waals surface area contributed by atoms with Crippen molar-refractivity contribution in [2.24, 2.45) is 0 Å². The van der Waals surface area contributed by atoms with Crippen molar-refractivity contribution in [1.29, 1.82) is 0 Å². The lowest BCUT2D eigenvalue weighted by molar-refractivity contribution is 0.421. The van der Waals surface area contributed by atoms with Gasteiger partial charge >= 0.3 is 0 Å². The molecule has 0 aromatic heterocycles. The number of nitrogens with one attached hydrogen (secondary N) is 1. The van der Waals surface area contributed by atoms with E-state index >= 15 is 0 Å². The maximum absolute atomic E-state index is 13.7. The minimum Gasteiger partial charge on any atom is -0.315 e. The number of halogens is 1. The summed E-state index contributed by atoms with van der Waals surface area (Å²) < 4.78 is 41.7. The van der Waals surface area contributed by atoms with Crippen LogP contribution in [0.3, 0.4) is 0 Å². The van der Waals surface area contributed by atoms with Gasteiger partial charge in [-0.2, -0.15) is 0 Å². The molecular weight excluding hydrogens is 327 g/mol. The third-order valence-electron chi connectivity index (χ3n) is 4.96. The number of nitrogens with zero attached hydrogens (tertiary/aromatic N) is 1. The van der Waals surface area contributed by atoms with Crippen LogP contribution in [0.5, 0.6) is 0 Å². The van der Waals surface area contributed by atoms with Crippen LogP contribution in [-0.4, -0.2) is 27.5 Å². The third-order valence-corrected chi connectivity index (χ3v) is 6.81. The maximum Gasteiger partial charge on any atom is 0.264 e. The molecule has 2 atom stereocenters. The molecule has 2 aromatic carbocycles. The molecule has 6 heteroatoms. The molecular formula is C18H19FN2O2S. The van der Waals surface area contributed by atoms with Gasteiger partial charge in [0, 0.05) is 12.5 Å². The van der Waals surface area contributed by atoms with Crippen molar-refractivity contribution in [3.05, 3.63) is 59.4 Å². The van der Waals surface area contributed by atoms with E-state index in [4.69, 9.17) is 0 Å². The van der Waals surface area contributed by atoms with E-state index in [-0.39, 0.29) is 22.7 Å². The molecule has 2 heterocycles. The van der Waals surface area contributed by atoms with Gasteiger partial charge in [0.05, 0.1) is 16.6 Å². The largest absolute Gasteiger partial charge is 0.315 e. The lowest BCUT2D eigenvalue weighted by Crippen LogP contribution is -2.48. The van der Waals surface area contributed by atoms with Gasteiger partial charge in [-0.05, 0) is 55.8 Å². The van der Waals surface area contributed by atoms with E-state index in [1.807, 2.05) is 6.92 Å². The zero-order valence-corrected chi connectivity index (χ0v) is 14.2. The molecule has 2 aromatic rings. The second kappa shape index (κ2) is 5.57. The molecule has 2 aliphatic rings. The number of hydrogen-bond donors (Lipinski definition) is 1. The average Bonchev–Trinajstić information content (AvgIpc) is 2.90.